The molecule has 0 fully saturated rings. The number of hydrogen-bond donors (Lipinski definition) is 0. The second kappa shape index (κ2) is 3.99. The SMILES string of the molecule is CC(C)C1=C(C(C)C)O[C@H](C)C=C1. The van der Waals surface area contributed by atoms with E-state index in [-0.39, 0.29) is 6.10 Å². The fraction of sp³-hybridized carbons (Fsp3) is 0.667. The van der Waals surface area contributed by atoms with Crippen LogP contribution in [0.4, 0.5) is 0 Å². The lowest BCUT2D eigenvalue weighted by atomic mass is 9.94. The van der Waals surface area contributed by atoms with E-state index in [1.807, 2.05) is 0 Å². The van der Waals surface area contributed by atoms with Crippen LogP contribution in [-0.2, 0) is 4.74 Å². The lowest BCUT2D eigenvalue weighted by Gasteiger charge is -2.26. The summed E-state index contributed by atoms with van der Waals surface area (Å²) in [7, 11) is 0. The molecule has 0 aromatic carbocycles. The van der Waals surface area contributed by atoms with Crippen LogP contribution in [0.25, 0.3) is 0 Å². The summed E-state index contributed by atoms with van der Waals surface area (Å²) in [5, 5.41) is 0. The van der Waals surface area contributed by atoms with Gasteiger partial charge in [0.25, 0.3) is 0 Å². The van der Waals surface area contributed by atoms with Gasteiger partial charge in [-0.15, -0.1) is 0 Å². The van der Waals surface area contributed by atoms with Gasteiger partial charge >= 0.3 is 0 Å². The van der Waals surface area contributed by atoms with Crippen molar-refractivity contribution in [1.82, 2.24) is 0 Å². The average molecular weight is 180 g/mol. The molecule has 1 aliphatic heterocycles. The maximum Gasteiger partial charge on any atom is 0.114 e. The number of rotatable bonds is 2. The Kier molecular flexibility index (Phi) is 3.18. The summed E-state index contributed by atoms with van der Waals surface area (Å²) in [6.07, 6.45) is 4.58. The van der Waals surface area contributed by atoms with Crippen LogP contribution in [-0.4, -0.2) is 6.10 Å². The van der Waals surface area contributed by atoms with Crippen molar-refractivity contribution in [2.24, 2.45) is 11.8 Å². The van der Waals surface area contributed by atoms with E-state index in [9.17, 15) is 0 Å². The van der Waals surface area contributed by atoms with E-state index in [0.29, 0.717) is 11.8 Å². The molecule has 0 amide bonds. The molecule has 0 aliphatic carbocycles. The van der Waals surface area contributed by atoms with E-state index < -0.39 is 0 Å². The molecule has 0 saturated heterocycles. The predicted molar refractivity (Wildman–Crippen MR) is 56.4 cm³/mol. The second-order valence-electron chi connectivity index (χ2n) is 4.31. The van der Waals surface area contributed by atoms with Gasteiger partial charge in [-0.3, -0.25) is 0 Å². The summed E-state index contributed by atoms with van der Waals surface area (Å²) in [6.45, 7) is 10.9. The summed E-state index contributed by atoms with van der Waals surface area (Å²) >= 11 is 0. The third-order valence-electron chi connectivity index (χ3n) is 2.29. The first-order valence-electron chi connectivity index (χ1n) is 5.11. The van der Waals surface area contributed by atoms with Gasteiger partial charge in [0, 0.05) is 5.92 Å². The summed E-state index contributed by atoms with van der Waals surface area (Å²) in [5.74, 6) is 2.22. The first-order valence-corrected chi connectivity index (χ1v) is 5.11. The van der Waals surface area contributed by atoms with Crippen LogP contribution in [0.1, 0.15) is 34.6 Å². The smallest absolute Gasteiger partial charge is 0.114 e. The van der Waals surface area contributed by atoms with Gasteiger partial charge in [0.05, 0.1) is 0 Å². The van der Waals surface area contributed by atoms with Gasteiger partial charge in [0.2, 0.25) is 0 Å². The zero-order chi connectivity index (χ0) is 10.0. The zero-order valence-electron chi connectivity index (χ0n) is 9.29. The van der Waals surface area contributed by atoms with Crippen molar-refractivity contribution in [3.05, 3.63) is 23.5 Å². The highest BCUT2D eigenvalue weighted by molar-refractivity contribution is 5.29. The van der Waals surface area contributed by atoms with Crippen LogP contribution in [0.2, 0.25) is 0 Å². The fourth-order valence-corrected chi connectivity index (χ4v) is 1.58. The van der Waals surface area contributed by atoms with Crippen LogP contribution in [0.3, 0.4) is 0 Å². The molecule has 0 N–H and O–H groups in total. The minimum Gasteiger partial charge on any atom is -0.490 e. The Bertz CT molecular complexity index is 234. The fourth-order valence-electron chi connectivity index (χ4n) is 1.58. The van der Waals surface area contributed by atoms with Crippen LogP contribution in [0.15, 0.2) is 23.5 Å². The Morgan fingerprint density at radius 2 is 1.77 bits per heavy atom. The number of hydrogen-bond acceptors (Lipinski definition) is 1. The predicted octanol–water partition coefficient (Wildman–Crippen LogP) is 3.53. The third kappa shape index (κ3) is 2.36. The first-order chi connectivity index (χ1) is 6.02. The first kappa shape index (κ1) is 10.4. The molecule has 1 aliphatic rings. The summed E-state index contributed by atoms with van der Waals surface area (Å²) in [4.78, 5) is 0. The Morgan fingerprint density at radius 1 is 1.15 bits per heavy atom. The minimum atomic E-state index is 0.236. The van der Waals surface area contributed by atoms with E-state index in [0.717, 1.165) is 0 Å². The second-order valence-corrected chi connectivity index (χ2v) is 4.31. The maximum absolute atomic E-state index is 5.81. The molecule has 13 heavy (non-hydrogen) atoms. The van der Waals surface area contributed by atoms with Crippen LogP contribution in [0.5, 0.6) is 0 Å². The van der Waals surface area contributed by atoms with Crippen molar-refractivity contribution in [1.29, 1.82) is 0 Å². The molecule has 1 atom stereocenters. The highest BCUT2D eigenvalue weighted by Crippen LogP contribution is 2.28. The van der Waals surface area contributed by atoms with Crippen LogP contribution in [0, 0.1) is 11.8 Å². The normalized spacial score (nSPS) is 22.8. The van der Waals surface area contributed by atoms with Crippen molar-refractivity contribution >= 4 is 0 Å². The molecule has 0 saturated carbocycles. The molecule has 0 unspecified atom stereocenters. The van der Waals surface area contributed by atoms with Crippen molar-refractivity contribution < 1.29 is 4.74 Å². The molecule has 0 aromatic heterocycles. The van der Waals surface area contributed by atoms with E-state index in [2.05, 4.69) is 46.8 Å². The molecule has 1 nitrogen and oxygen atoms in total. The van der Waals surface area contributed by atoms with Gasteiger partial charge in [0.1, 0.15) is 11.9 Å². The molecule has 1 heterocycles. The van der Waals surface area contributed by atoms with E-state index in [1.54, 1.807) is 0 Å². The molecule has 0 bridgehead atoms. The summed E-state index contributed by atoms with van der Waals surface area (Å²) in [6, 6.07) is 0. The lowest BCUT2D eigenvalue weighted by molar-refractivity contribution is 0.137. The van der Waals surface area contributed by atoms with Gasteiger partial charge in [-0.05, 0) is 24.5 Å². The van der Waals surface area contributed by atoms with E-state index in [1.165, 1.54) is 11.3 Å². The Balaban J connectivity index is 2.95. The highest BCUT2D eigenvalue weighted by atomic mass is 16.5. The van der Waals surface area contributed by atoms with Crippen molar-refractivity contribution in [3.8, 4) is 0 Å². The van der Waals surface area contributed by atoms with Gasteiger partial charge in [-0.1, -0.05) is 33.8 Å². The van der Waals surface area contributed by atoms with E-state index in [4.69, 9.17) is 4.74 Å². The topological polar surface area (TPSA) is 9.23 Å². The Hall–Kier alpha value is -0.720. The Morgan fingerprint density at radius 3 is 2.23 bits per heavy atom. The molecule has 0 aromatic rings. The molecular weight excluding hydrogens is 160 g/mol. The lowest BCUT2D eigenvalue weighted by Crippen LogP contribution is -2.16. The average Bonchev–Trinajstić information content (AvgIpc) is 2.03. The third-order valence-corrected chi connectivity index (χ3v) is 2.29. The van der Waals surface area contributed by atoms with Crippen LogP contribution < -0.4 is 0 Å². The van der Waals surface area contributed by atoms with Crippen molar-refractivity contribution in [3.63, 3.8) is 0 Å². The summed E-state index contributed by atoms with van der Waals surface area (Å²) < 4.78 is 5.81. The maximum atomic E-state index is 5.81. The van der Waals surface area contributed by atoms with Crippen molar-refractivity contribution in [2.45, 2.75) is 40.7 Å². The molecular formula is C12H20O. The van der Waals surface area contributed by atoms with Gasteiger partial charge in [0.15, 0.2) is 0 Å². The molecule has 74 valence electrons. The van der Waals surface area contributed by atoms with Crippen LogP contribution >= 0.6 is 0 Å². The quantitative estimate of drug-likeness (QED) is 0.631. The zero-order valence-corrected chi connectivity index (χ0v) is 9.29. The molecule has 1 rings (SSSR count). The van der Waals surface area contributed by atoms with Gasteiger partial charge in [-0.25, -0.2) is 0 Å². The number of ether oxygens (including phenoxy) is 1. The minimum absolute atomic E-state index is 0.236. The molecule has 0 spiro atoms. The number of allylic oxidation sites excluding steroid dienone is 3. The standard InChI is InChI=1S/C12H20O/c1-8(2)11-7-6-10(5)13-12(11)9(3)4/h6-10H,1-5H3/t10-/m1/s1. The Labute approximate surface area is 81.5 Å². The summed E-state index contributed by atoms with van der Waals surface area (Å²) in [5.41, 5.74) is 1.35. The monoisotopic (exact) mass is 180 g/mol. The van der Waals surface area contributed by atoms with Gasteiger partial charge < -0.3 is 4.74 Å². The molecule has 1 heteroatoms. The molecule has 0 radical (unpaired) electrons. The highest BCUT2D eigenvalue weighted by Gasteiger charge is 2.18. The van der Waals surface area contributed by atoms with E-state index >= 15 is 0 Å². The largest absolute Gasteiger partial charge is 0.490 e. The van der Waals surface area contributed by atoms with Gasteiger partial charge in [-0.2, -0.15) is 0 Å². The van der Waals surface area contributed by atoms with Crippen molar-refractivity contribution in [2.75, 3.05) is 0 Å².